The second-order valence-electron chi connectivity index (χ2n) is 5.18. The Bertz CT molecular complexity index is 434. The fraction of sp³-hybridized carbons (Fsp3) is 0.600. The van der Waals surface area contributed by atoms with Crippen LogP contribution < -0.4 is 5.73 Å². The van der Waals surface area contributed by atoms with Crippen LogP contribution in [0.1, 0.15) is 44.6 Å². The maximum absolute atomic E-state index is 12.6. The lowest BCUT2D eigenvalue weighted by molar-refractivity contribution is -0.148. The summed E-state index contributed by atoms with van der Waals surface area (Å²) in [4.78, 5) is 16.6. The largest absolute Gasteiger partial charge is 0.384 e. The third-order valence-corrected chi connectivity index (χ3v) is 3.80. The Balaban J connectivity index is 2.11. The second kappa shape index (κ2) is 6.15. The zero-order valence-electron chi connectivity index (χ0n) is 11.5. The molecule has 2 N–H and O–H groups in total. The number of rotatable bonds is 5. The van der Waals surface area contributed by atoms with Gasteiger partial charge in [0.2, 0.25) is 0 Å². The molecule has 0 aliphatic heterocycles. The number of nitrogens with zero attached hydrogens (tertiary/aromatic N) is 1. The molecule has 4 nitrogen and oxygen atoms in total. The first-order valence-electron chi connectivity index (χ1n) is 7.04. The van der Waals surface area contributed by atoms with Gasteiger partial charge in [-0.3, -0.25) is 4.79 Å². The van der Waals surface area contributed by atoms with Crippen molar-refractivity contribution in [3.63, 3.8) is 0 Å². The minimum atomic E-state index is -0.564. The highest BCUT2D eigenvalue weighted by Crippen LogP contribution is 2.33. The van der Waals surface area contributed by atoms with Crippen molar-refractivity contribution in [1.29, 1.82) is 0 Å². The molecule has 1 fully saturated rings. The van der Waals surface area contributed by atoms with Crippen LogP contribution in [0.4, 0.5) is 5.82 Å². The van der Waals surface area contributed by atoms with E-state index in [1.54, 1.807) is 12.3 Å². The molecular weight excluding hydrogens is 240 g/mol. The standard InChI is InChI=1S/C15H22N2O2/c1-2-19-15(7-4-3-5-8-15)13(18)10-12-6-9-17-14(16)11-12/h6,9,11H,2-5,7-8,10H2,1H3,(H2,16,17). The molecule has 1 aromatic heterocycles. The fourth-order valence-electron chi connectivity index (χ4n) is 2.85. The molecule has 4 heteroatoms. The minimum Gasteiger partial charge on any atom is -0.384 e. The summed E-state index contributed by atoms with van der Waals surface area (Å²) in [6.45, 7) is 2.54. The summed E-state index contributed by atoms with van der Waals surface area (Å²) >= 11 is 0. The molecule has 0 atom stereocenters. The lowest BCUT2D eigenvalue weighted by Gasteiger charge is -2.35. The maximum atomic E-state index is 12.6. The van der Waals surface area contributed by atoms with Gasteiger partial charge in [0, 0.05) is 19.2 Å². The molecule has 0 saturated heterocycles. The lowest BCUT2D eigenvalue weighted by atomic mass is 9.79. The van der Waals surface area contributed by atoms with Gasteiger partial charge in [-0.05, 0) is 37.5 Å². The summed E-state index contributed by atoms with van der Waals surface area (Å²) in [6.07, 6.45) is 7.07. The molecule has 0 aromatic carbocycles. The van der Waals surface area contributed by atoms with Gasteiger partial charge < -0.3 is 10.5 Å². The van der Waals surface area contributed by atoms with E-state index < -0.39 is 5.60 Å². The summed E-state index contributed by atoms with van der Waals surface area (Å²) < 4.78 is 5.84. The van der Waals surface area contributed by atoms with Gasteiger partial charge in [0.25, 0.3) is 0 Å². The van der Waals surface area contributed by atoms with Crippen LogP contribution >= 0.6 is 0 Å². The Morgan fingerprint density at radius 3 is 2.79 bits per heavy atom. The lowest BCUT2D eigenvalue weighted by Crippen LogP contribution is -2.44. The zero-order valence-corrected chi connectivity index (χ0v) is 11.5. The van der Waals surface area contributed by atoms with Crippen molar-refractivity contribution in [2.24, 2.45) is 0 Å². The number of anilines is 1. The Morgan fingerprint density at radius 1 is 1.42 bits per heavy atom. The monoisotopic (exact) mass is 262 g/mol. The third-order valence-electron chi connectivity index (χ3n) is 3.80. The Labute approximate surface area is 114 Å². The first-order chi connectivity index (χ1) is 9.16. The van der Waals surface area contributed by atoms with Gasteiger partial charge in [0.1, 0.15) is 11.4 Å². The molecule has 1 heterocycles. The average molecular weight is 262 g/mol. The number of aromatic nitrogens is 1. The smallest absolute Gasteiger partial charge is 0.168 e. The van der Waals surface area contributed by atoms with E-state index in [1.807, 2.05) is 13.0 Å². The summed E-state index contributed by atoms with van der Waals surface area (Å²) in [7, 11) is 0. The molecule has 0 bridgehead atoms. The number of hydrogen-bond donors (Lipinski definition) is 1. The van der Waals surface area contributed by atoms with E-state index in [4.69, 9.17) is 10.5 Å². The minimum absolute atomic E-state index is 0.180. The number of Topliss-reactive ketones (excluding diaryl/α,β-unsaturated/α-hetero) is 1. The summed E-state index contributed by atoms with van der Waals surface area (Å²) in [5, 5.41) is 0. The fourth-order valence-corrected chi connectivity index (χ4v) is 2.85. The molecule has 0 amide bonds. The van der Waals surface area contributed by atoms with Crippen molar-refractivity contribution in [2.45, 2.75) is 51.0 Å². The normalized spacial score (nSPS) is 18.2. The van der Waals surface area contributed by atoms with Crippen LogP contribution in [-0.4, -0.2) is 23.0 Å². The molecule has 1 aliphatic rings. The molecule has 1 aliphatic carbocycles. The van der Waals surface area contributed by atoms with E-state index in [0.717, 1.165) is 31.2 Å². The molecule has 19 heavy (non-hydrogen) atoms. The number of carbonyl (C=O) groups excluding carboxylic acids is 1. The van der Waals surface area contributed by atoms with Crippen molar-refractivity contribution in [3.8, 4) is 0 Å². The summed E-state index contributed by atoms with van der Waals surface area (Å²) in [6, 6.07) is 3.61. The van der Waals surface area contributed by atoms with Crippen LogP contribution in [0, 0.1) is 0 Å². The van der Waals surface area contributed by atoms with Gasteiger partial charge in [-0.1, -0.05) is 19.3 Å². The first-order valence-corrected chi connectivity index (χ1v) is 7.04. The van der Waals surface area contributed by atoms with E-state index in [2.05, 4.69) is 4.98 Å². The molecule has 0 spiro atoms. The molecule has 1 aromatic rings. The van der Waals surface area contributed by atoms with Gasteiger partial charge in [-0.25, -0.2) is 4.98 Å². The molecule has 0 unspecified atom stereocenters. The van der Waals surface area contributed by atoms with Crippen LogP contribution in [0.5, 0.6) is 0 Å². The highest BCUT2D eigenvalue weighted by molar-refractivity contribution is 5.89. The van der Waals surface area contributed by atoms with Crippen LogP contribution in [0.2, 0.25) is 0 Å². The van der Waals surface area contributed by atoms with Crippen molar-refractivity contribution < 1.29 is 9.53 Å². The Morgan fingerprint density at radius 2 is 2.16 bits per heavy atom. The van der Waals surface area contributed by atoms with Crippen LogP contribution in [0.3, 0.4) is 0 Å². The van der Waals surface area contributed by atoms with E-state index in [9.17, 15) is 4.79 Å². The van der Waals surface area contributed by atoms with Crippen LogP contribution in [0.25, 0.3) is 0 Å². The number of ether oxygens (including phenoxy) is 1. The van der Waals surface area contributed by atoms with Crippen molar-refractivity contribution in [2.75, 3.05) is 12.3 Å². The number of nitrogen functional groups attached to an aromatic ring is 1. The number of pyridine rings is 1. The van der Waals surface area contributed by atoms with Crippen molar-refractivity contribution >= 4 is 11.6 Å². The SMILES string of the molecule is CCOC1(C(=O)Cc2ccnc(N)c2)CCCCC1. The number of nitrogens with two attached hydrogens (primary N) is 1. The van der Waals surface area contributed by atoms with Crippen LogP contribution in [-0.2, 0) is 16.0 Å². The number of hydrogen-bond acceptors (Lipinski definition) is 4. The Hall–Kier alpha value is -1.42. The Kier molecular flexibility index (Phi) is 4.53. The summed E-state index contributed by atoms with van der Waals surface area (Å²) in [5.41, 5.74) is 6.00. The maximum Gasteiger partial charge on any atom is 0.168 e. The predicted octanol–water partition coefficient (Wildman–Crippen LogP) is 2.51. The van der Waals surface area contributed by atoms with E-state index >= 15 is 0 Å². The molecule has 104 valence electrons. The molecule has 0 radical (unpaired) electrons. The van der Waals surface area contributed by atoms with Crippen LogP contribution in [0.15, 0.2) is 18.3 Å². The molecule has 1 saturated carbocycles. The quantitative estimate of drug-likeness (QED) is 0.885. The van der Waals surface area contributed by atoms with Gasteiger partial charge in [0.15, 0.2) is 5.78 Å². The number of ketones is 1. The zero-order chi connectivity index (χ0) is 13.7. The molecular formula is C15H22N2O2. The third kappa shape index (κ3) is 3.32. The van der Waals surface area contributed by atoms with Gasteiger partial charge in [-0.15, -0.1) is 0 Å². The van der Waals surface area contributed by atoms with Crippen molar-refractivity contribution in [1.82, 2.24) is 4.98 Å². The summed E-state index contributed by atoms with van der Waals surface area (Å²) in [5.74, 6) is 0.638. The van der Waals surface area contributed by atoms with E-state index in [-0.39, 0.29) is 5.78 Å². The predicted molar refractivity (Wildman–Crippen MR) is 74.8 cm³/mol. The second-order valence-corrected chi connectivity index (χ2v) is 5.18. The number of carbonyl (C=O) groups is 1. The van der Waals surface area contributed by atoms with Gasteiger partial charge >= 0.3 is 0 Å². The van der Waals surface area contributed by atoms with Crippen molar-refractivity contribution in [3.05, 3.63) is 23.9 Å². The first kappa shape index (κ1) is 14.0. The average Bonchev–Trinajstić information content (AvgIpc) is 2.40. The highest BCUT2D eigenvalue weighted by atomic mass is 16.5. The molecule has 2 rings (SSSR count). The van der Waals surface area contributed by atoms with E-state index in [1.165, 1.54) is 6.42 Å². The van der Waals surface area contributed by atoms with E-state index in [0.29, 0.717) is 18.8 Å². The highest BCUT2D eigenvalue weighted by Gasteiger charge is 2.39. The van der Waals surface area contributed by atoms with Gasteiger partial charge in [-0.2, -0.15) is 0 Å². The van der Waals surface area contributed by atoms with Gasteiger partial charge in [0.05, 0.1) is 0 Å². The topological polar surface area (TPSA) is 65.2 Å².